The van der Waals surface area contributed by atoms with Gasteiger partial charge in [0.15, 0.2) is 0 Å². The van der Waals surface area contributed by atoms with Crippen LogP contribution in [0.3, 0.4) is 0 Å². The average Bonchev–Trinajstić information content (AvgIpc) is 3.07. The van der Waals surface area contributed by atoms with Gasteiger partial charge in [-0.15, -0.1) is 0 Å². The van der Waals surface area contributed by atoms with Gasteiger partial charge in [-0.05, 0) is 144 Å². The Bertz CT molecular complexity index is 1390. The van der Waals surface area contributed by atoms with Crippen molar-refractivity contribution in [2.45, 2.75) is 79.1 Å². The third-order valence-electron chi connectivity index (χ3n) is 7.23. The first-order chi connectivity index (χ1) is 23.2. The molecule has 0 spiro atoms. The van der Waals surface area contributed by atoms with Crippen LogP contribution in [0, 0.1) is 0 Å². The van der Waals surface area contributed by atoms with Crippen molar-refractivity contribution in [3.8, 4) is 23.0 Å². The minimum absolute atomic E-state index is 0.349. The first-order valence-corrected chi connectivity index (χ1v) is 16.2. The quantitative estimate of drug-likeness (QED) is 0.144. The van der Waals surface area contributed by atoms with E-state index in [1.54, 1.807) is 0 Å². The summed E-state index contributed by atoms with van der Waals surface area (Å²) in [6.45, 7) is 10.5. The standard InChI is InChI=1S/C40H48O4/c1-5-9-41-37-21-29-13-30(22-37)18-32-15-34(26-39(24-32)43-11-7-3)20-36-16-35(27-40(28-36)44-12-8-4)19-33-14-31(17-29)23-38(25-33)42-10-6-2/h13-16,21-28H,5-12,17-20H2,1-4H3/i13D,14D,15D,16D. The zero-order chi connectivity index (χ0) is 34.2. The van der Waals surface area contributed by atoms with Crippen LogP contribution < -0.4 is 18.9 Å². The SMILES string of the molecule is [2H]c1c2cc(OCCC)cc1Cc1cc(OCCC)cc(c1[2H])Cc1cc(OCCC)cc(c1[2H])Cc1cc(OCCC)cc(c1[2H])C2. The molecule has 5 rings (SSSR count). The third-order valence-corrected chi connectivity index (χ3v) is 7.23. The Morgan fingerprint density at radius 3 is 0.727 bits per heavy atom. The fraction of sp³-hybridized carbons (Fsp3) is 0.400. The number of benzene rings is 4. The van der Waals surface area contributed by atoms with Gasteiger partial charge >= 0.3 is 0 Å². The summed E-state index contributed by atoms with van der Waals surface area (Å²) in [6, 6.07) is 16.8. The zero-order valence-corrected chi connectivity index (χ0v) is 26.7. The van der Waals surface area contributed by atoms with Crippen LogP contribution in [-0.4, -0.2) is 26.4 Å². The van der Waals surface area contributed by atoms with Gasteiger partial charge in [-0.3, -0.25) is 0 Å². The molecule has 0 aliphatic heterocycles. The number of ether oxygens (including phenoxy) is 4. The van der Waals surface area contributed by atoms with Crippen molar-refractivity contribution >= 4 is 0 Å². The van der Waals surface area contributed by atoms with Crippen LogP contribution in [0.5, 0.6) is 23.0 Å². The molecule has 0 heterocycles. The van der Waals surface area contributed by atoms with E-state index in [-0.39, 0.29) is 0 Å². The van der Waals surface area contributed by atoms with Crippen molar-refractivity contribution in [1.82, 2.24) is 0 Å². The molecular weight excluding hydrogens is 544 g/mol. The van der Waals surface area contributed by atoms with Gasteiger partial charge in [0, 0.05) is 0 Å². The summed E-state index contributed by atoms with van der Waals surface area (Å²) in [5.41, 5.74) is 6.01. The second-order valence-electron chi connectivity index (χ2n) is 11.6. The predicted molar refractivity (Wildman–Crippen MR) is 180 cm³/mol. The lowest BCUT2D eigenvalue weighted by atomic mass is 9.93. The minimum atomic E-state index is 0.349. The highest BCUT2D eigenvalue weighted by atomic mass is 16.5. The van der Waals surface area contributed by atoms with Crippen molar-refractivity contribution in [1.29, 1.82) is 0 Å². The lowest BCUT2D eigenvalue weighted by Crippen LogP contribution is -2.03. The maximum absolute atomic E-state index is 9.34. The molecule has 0 radical (unpaired) electrons. The average molecular weight is 597 g/mol. The van der Waals surface area contributed by atoms with Gasteiger partial charge in [-0.25, -0.2) is 0 Å². The highest BCUT2D eigenvalue weighted by molar-refractivity contribution is 5.47. The van der Waals surface area contributed by atoms with E-state index in [1.807, 2.05) is 48.5 Å². The molecular formula is C40H48O4. The monoisotopic (exact) mass is 596 g/mol. The second-order valence-corrected chi connectivity index (χ2v) is 11.6. The lowest BCUT2D eigenvalue weighted by molar-refractivity contribution is 0.316. The fourth-order valence-electron chi connectivity index (χ4n) is 5.45. The molecule has 0 amide bonds. The molecule has 1 aliphatic rings. The molecule has 0 fully saturated rings. The largest absolute Gasteiger partial charge is 0.494 e. The minimum Gasteiger partial charge on any atom is -0.494 e. The van der Waals surface area contributed by atoms with Gasteiger partial charge in [0.05, 0.1) is 31.9 Å². The fourth-order valence-corrected chi connectivity index (χ4v) is 5.45. The van der Waals surface area contributed by atoms with Crippen LogP contribution in [0.2, 0.25) is 0 Å². The molecule has 4 aromatic rings. The Kier molecular flexibility index (Phi) is 9.45. The highest BCUT2D eigenvalue weighted by Gasteiger charge is 2.13. The summed E-state index contributed by atoms with van der Waals surface area (Å²) < 4.78 is 61.8. The summed E-state index contributed by atoms with van der Waals surface area (Å²) in [4.78, 5) is 0. The first-order valence-electron chi connectivity index (χ1n) is 18.2. The van der Waals surface area contributed by atoms with Crippen LogP contribution in [-0.2, 0) is 25.7 Å². The molecule has 44 heavy (non-hydrogen) atoms. The van der Waals surface area contributed by atoms with Gasteiger partial charge in [0.2, 0.25) is 0 Å². The van der Waals surface area contributed by atoms with E-state index in [2.05, 4.69) is 27.7 Å². The summed E-state index contributed by atoms with van der Waals surface area (Å²) in [6.07, 6.45) is 4.80. The van der Waals surface area contributed by atoms with E-state index in [4.69, 9.17) is 18.9 Å². The van der Waals surface area contributed by atoms with E-state index >= 15 is 0 Å². The molecule has 0 saturated carbocycles. The van der Waals surface area contributed by atoms with Gasteiger partial charge in [-0.1, -0.05) is 51.9 Å². The third kappa shape index (κ3) is 9.05. The number of rotatable bonds is 12. The molecule has 232 valence electrons. The van der Waals surface area contributed by atoms with Gasteiger partial charge < -0.3 is 18.9 Å². The van der Waals surface area contributed by atoms with Crippen molar-refractivity contribution < 1.29 is 24.4 Å². The molecule has 0 aromatic heterocycles. The van der Waals surface area contributed by atoms with Crippen molar-refractivity contribution in [3.63, 3.8) is 0 Å². The Morgan fingerprint density at radius 1 is 0.386 bits per heavy atom. The molecule has 4 heteroatoms. The van der Waals surface area contributed by atoms with Gasteiger partial charge in [0.25, 0.3) is 0 Å². The van der Waals surface area contributed by atoms with E-state index in [1.165, 1.54) is 0 Å². The molecule has 1 aliphatic carbocycles. The molecule has 4 aromatic carbocycles. The lowest BCUT2D eigenvalue weighted by Gasteiger charge is -2.17. The molecule has 0 atom stereocenters. The normalized spacial score (nSPS) is 13.7. The Morgan fingerprint density at radius 2 is 0.568 bits per heavy atom. The molecule has 0 saturated heterocycles. The topological polar surface area (TPSA) is 36.9 Å². The number of hydrogen-bond donors (Lipinski definition) is 0. The van der Waals surface area contributed by atoms with Crippen molar-refractivity contribution in [2.24, 2.45) is 0 Å². The zero-order valence-electron chi connectivity index (χ0n) is 30.7. The van der Waals surface area contributed by atoms with Crippen LogP contribution >= 0.6 is 0 Å². The number of fused-ring (bicyclic) bond motifs is 8. The first kappa shape index (κ1) is 26.5. The van der Waals surface area contributed by atoms with E-state index in [0.29, 0.717) is 99.3 Å². The van der Waals surface area contributed by atoms with Crippen LogP contribution in [0.25, 0.3) is 0 Å². The number of hydrogen-bond acceptors (Lipinski definition) is 4. The van der Waals surface area contributed by atoms with Crippen molar-refractivity contribution in [3.05, 3.63) is 117 Å². The maximum Gasteiger partial charge on any atom is 0.119 e. The van der Waals surface area contributed by atoms with Crippen LogP contribution in [0.1, 0.15) is 103 Å². The van der Waals surface area contributed by atoms with Crippen molar-refractivity contribution in [2.75, 3.05) is 26.4 Å². The molecule has 8 bridgehead atoms. The summed E-state index contributed by atoms with van der Waals surface area (Å²) in [5, 5.41) is 0. The van der Waals surface area contributed by atoms with E-state index < -0.39 is 0 Å². The summed E-state index contributed by atoms with van der Waals surface area (Å²) in [5.74, 6) is 2.73. The van der Waals surface area contributed by atoms with Gasteiger partial charge in [-0.2, -0.15) is 0 Å². The van der Waals surface area contributed by atoms with E-state index in [0.717, 1.165) is 70.2 Å². The van der Waals surface area contributed by atoms with Crippen LogP contribution in [0.4, 0.5) is 0 Å². The molecule has 0 unspecified atom stereocenters. The smallest absolute Gasteiger partial charge is 0.119 e. The van der Waals surface area contributed by atoms with Crippen LogP contribution in [0.15, 0.2) is 72.7 Å². The highest BCUT2D eigenvalue weighted by Crippen LogP contribution is 2.30. The Balaban J connectivity index is 1.76. The van der Waals surface area contributed by atoms with Gasteiger partial charge in [0.1, 0.15) is 23.0 Å². The second kappa shape index (κ2) is 15.7. The summed E-state index contributed by atoms with van der Waals surface area (Å²) >= 11 is 0. The van der Waals surface area contributed by atoms with E-state index in [9.17, 15) is 5.48 Å². The summed E-state index contributed by atoms with van der Waals surface area (Å²) in [7, 11) is 0. The Hall–Kier alpha value is -3.92. The predicted octanol–water partition coefficient (Wildman–Crippen LogP) is 9.52. The molecule has 0 N–H and O–H groups in total. The molecule has 4 nitrogen and oxygen atoms in total. The maximum atomic E-state index is 9.34. The Labute approximate surface area is 270 Å².